The van der Waals surface area contributed by atoms with Gasteiger partial charge < -0.3 is 14.5 Å². The number of hydrogen-bond acceptors (Lipinski definition) is 6. The predicted molar refractivity (Wildman–Crippen MR) is 130 cm³/mol. The lowest BCUT2D eigenvalue weighted by molar-refractivity contribution is 0.0771. The summed E-state index contributed by atoms with van der Waals surface area (Å²) in [5.41, 5.74) is 3.09. The molecule has 1 aromatic heterocycles. The van der Waals surface area contributed by atoms with Gasteiger partial charge in [0.25, 0.3) is 11.8 Å². The molecule has 3 aromatic rings. The second-order valence-corrected chi connectivity index (χ2v) is 7.63. The Hall–Kier alpha value is -3.94. The molecule has 0 fully saturated rings. The Morgan fingerprint density at radius 3 is 2.09 bits per heavy atom. The minimum absolute atomic E-state index is 0.0957. The van der Waals surface area contributed by atoms with Crippen molar-refractivity contribution in [1.82, 2.24) is 14.9 Å². The lowest BCUT2D eigenvalue weighted by Gasteiger charge is -2.26. The number of amides is 2. The normalized spacial score (nSPS) is 10.5. The van der Waals surface area contributed by atoms with Gasteiger partial charge >= 0.3 is 0 Å². The van der Waals surface area contributed by atoms with Crippen molar-refractivity contribution in [2.45, 2.75) is 34.6 Å². The second-order valence-electron chi connectivity index (χ2n) is 7.63. The van der Waals surface area contributed by atoms with Crippen LogP contribution < -0.4 is 14.6 Å². The third-order valence-corrected chi connectivity index (χ3v) is 5.37. The van der Waals surface area contributed by atoms with E-state index in [0.717, 1.165) is 11.1 Å². The Balaban J connectivity index is 2.06. The first-order chi connectivity index (χ1) is 16.4. The van der Waals surface area contributed by atoms with E-state index in [-0.39, 0.29) is 11.5 Å². The maximum Gasteiger partial charge on any atom is 0.294 e. The summed E-state index contributed by atoms with van der Waals surface area (Å²) in [6.45, 7) is 11.1. The molecule has 0 unspecified atom stereocenters. The van der Waals surface area contributed by atoms with Crippen LogP contribution in [-0.4, -0.2) is 46.4 Å². The van der Waals surface area contributed by atoms with Gasteiger partial charge in [0.2, 0.25) is 0 Å². The van der Waals surface area contributed by atoms with E-state index in [0.29, 0.717) is 42.4 Å². The van der Waals surface area contributed by atoms with Gasteiger partial charge in [-0.1, -0.05) is 18.2 Å². The number of hydrogen-bond donors (Lipinski definition) is 0. The smallest absolute Gasteiger partial charge is 0.294 e. The first-order valence-corrected chi connectivity index (χ1v) is 11.3. The van der Waals surface area contributed by atoms with Crippen LogP contribution in [0.5, 0.6) is 11.5 Å². The molecule has 8 heteroatoms. The lowest BCUT2D eigenvalue weighted by Crippen LogP contribution is -2.36. The highest BCUT2D eigenvalue weighted by atomic mass is 16.7. The minimum Gasteiger partial charge on any atom is -0.490 e. The summed E-state index contributed by atoms with van der Waals surface area (Å²) in [6.07, 6.45) is 4.24. The van der Waals surface area contributed by atoms with Crippen molar-refractivity contribution in [3.63, 3.8) is 0 Å². The van der Waals surface area contributed by atoms with Crippen LogP contribution in [-0.2, 0) is 0 Å². The Morgan fingerprint density at radius 2 is 1.50 bits per heavy atom. The van der Waals surface area contributed by atoms with Crippen LogP contribution in [0.2, 0.25) is 0 Å². The van der Waals surface area contributed by atoms with E-state index in [4.69, 9.17) is 9.57 Å². The predicted octanol–water partition coefficient (Wildman–Crippen LogP) is 4.61. The molecule has 34 heavy (non-hydrogen) atoms. The fraction of sp³-hybridized carbons (Fsp3) is 0.308. The maximum absolute atomic E-state index is 13.5. The van der Waals surface area contributed by atoms with Crippen LogP contribution in [0.1, 0.15) is 52.6 Å². The topological polar surface area (TPSA) is 84.9 Å². The highest BCUT2D eigenvalue weighted by molar-refractivity contribution is 6.05. The van der Waals surface area contributed by atoms with Gasteiger partial charge in [-0.2, -0.15) is 0 Å². The summed E-state index contributed by atoms with van der Waals surface area (Å²) < 4.78 is 5.80. The number of aromatic nitrogens is 2. The summed E-state index contributed by atoms with van der Waals surface area (Å²) in [5, 5.41) is 1.23. The average Bonchev–Trinajstić information content (AvgIpc) is 2.85. The zero-order valence-corrected chi connectivity index (χ0v) is 20.2. The summed E-state index contributed by atoms with van der Waals surface area (Å²) in [6, 6.07) is 10.7. The molecule has 1 heterocycles. The van der Waals surface area contributed by atoms with Gasteiger partial charge in [0, 0.05) is 31.0 Å². The van der Waals surface area contributed by atoms with Crippen LogP contribution in [0.3, 0.4) is 0 Å². The number of carbonyl (C=O) groups excluding carboxylic acids is 2. The molecule has 8 nitrogen and oxygen atoms in total. The molecular weight excluding hydrogens is 432 g/mol. The molecule has 0 saturated carbocycles. The molecule has 178 valence electrons. The molecule has 0 aliphatic rings. The van der Waals surface area contributed by atoms with Gasteiger partial charge in [0.05, 0.1) is 17.9 Å². The van der Waals surface area contributed by atoms with E-state index < -0.39 is 5.91 Å². The van der Waals surface area contributed by atoms with Crippen LogP contribution in [0.25, 0.3) is 0 Å². The van der Waals surface area contributed by atoms with Gasteiger partial charge in [-0.15, -0.1) is 5.06 Å². The second kappa shape index (κ2) is 11.3. The SMILES string of the molecule is CCOc1cc(C(=O)N(CC)CC)ccc1ON(C(=O)c1cncnc1)c1c(C)cccc1C. The monoisotopic (exact) mass is 462 g/mol. The maximum atomic E-state index is 13.5. The molecule has 0 N–H and O–H groups in total. The van der Waals surface area contributed by atoms with Crippen molar-refractivity contribution in [3.05, 3.63) is 77.4 Å². The van der Waals surface area contributed by atoms with Crippen molar-refractivity contribution in [3.8, 4) is 11.5 Å². The van der Waals surface area contributed by atoms with Crippen LogP contribution >= 0.6 is 0 Å². The summed E-state index contributed by atoms with van der Waals surface area (Å²) >= 11 is 0. The third-order valence-electron chi connectivity index (χ3n) is 5.37. The van der Waals surface area contributed by atoms with E-state index in [1.807, 2.05) is 52.8 Å². The van der Waals surface area contributed by atoms with Crippen LogP contribution in [0.4, 0.5) is 5.69 Å². The zero-order chi connectivity index (χ0) is 24.7. The van der Waals surface area contributed by atoms with Gasteiger partial charge in [0.1, 0.15) is 6.33 Å². The average molecular weight is 463 g/mol. The summed E-state index contributed by atoms with van der Waals surface area (Å²) in [4.78, 5) is 42.2. The van der Waals surface area contributed by atoms with Crippen molar-refractivity contribution in [1.29, 1.82) is 0 Å². The molecule has 2 amide bonds. The molecule has 0 aliphatic carbocycles. The Morgan fingerprint density at radius 1 is 0.853 bits per heavy atom. The highest BCUT2D eigenvalue weighted by Crippen LogP contribution is 2.33. The Labute approximate surface area is 200 Å². The molecule has 0 aliphatic heterocycles. The van der Waals surface area contributed by atoms with E-state index >= 15 is 0 Å². The fourth-order valence-corrected chi connectivity index (χ4v) is 3.62. The van der Waals surface area contributed by atoms with Gasteiger partial charge in [-0.3, -0.25) is 9.59 Å². The van der Waals surface area contributed by atoms with Crippen LogP contribution in [0.15, 0.2) is 55.1 Å². The summed E-state index contributed by atoms with van der Waals surface area (Å²) in [5.74, 6) is 0.157. The van der Waals surface area contributed by atoms with Gasteiger partial charge in [-0.05, 0) is 63.9 Å². The molecule has 0 radical (unpaired) electrons. The van der Waals surface area contributed by atoms with Gasteiger partial charge in [-0.25, -0.2) is 9.97 Å². The highest BCUT2D eigenvalue weighted by Gasteiger charge is 2.26. The number of carbonyl (C=O) groups is 2. The van der Waals surface area contributed by atoms with E-state index in [9.17, 15) is 9.59 Å². The molecule has 0 bridgehead atoms. The Kier molecular flexibility index (Phi) is 8.19. The molecule has 3 rings (SSSR count). The first-order valence-electron chi connectivity index (χ1n) is 11.3. The molecular formula is C26H30N4O4. The first kappa shape index (κ1) is 24.7. The molecule has 0 atom stereocenters. The fourth-order valence-electron chi connectivity index (χ4n) is 3.62. The third kappa shape index (κ3) is 5.33. The van der Waals surface area contributed by atoms with E-state index in [1.165, 1.54) is 23.8 Å². The largest absolute Gasteiger partial charge is 0.490 e. The van der Waals surface area contributed by atoms with Crippen molar-refractivity contribution < 1.29 is 19.2 Å². The number of ether oxygens (including phenoxy) is 1. The quantitative estimate of drug-likeness (QED) is 0.432. The number of anilines is 1. The number of rotatable bonds is 9. The number of benzene rings is 2. The zero-order valence-electron chi connectivity index (χ0n) is 20.2. The van der Waals surface area contributed by atoms with Crippen LogP contribution in [0, 0.1) is 13.8 Å². The van der Waals surface area contributed by atoms with Crippen molar-refractivity contribution in [2.24, 2.45) is 0 Å². The number of hydroxylamine groups is 1. The standard InChI is InChI=1S/C26H30N4O4/c1-6-29(7-2)25(31)20-12-13-22(23(14-20)33-8-3)34-30(24-18(4)10-9-11-19(24)5)26(32)21-15-27-17-28-16-21/h9-17H,6-8H2,1-5H3. The van der Waals surface area contributed by atoms with E-state index in [1.54, 1.807) is 23.1 Å². The molecule has 0 saturated heterocycles. The number of para-hydroxylation sites is 1. The summed E-state index contributed by atoms with van der Waals surface area (Å²) in [7, 11) is 0. The minimum atomic E-state index is -0.427. The lowest BCUT2D eigenvalue weighted by atomic mass is 10.1. The van der Waals surface area contributed by atoms with Crippen molar-refractivity contribution >= 4 is 17.5 Å². The number of nitrogens with zero attached hydrogens (tertiary/aromatic N) is 4. The van der Waals surface area contributed by atoms with Crippen molar-refractivity contribution in [2.75, 3.05) is 24.8 Å². The Bertz CT molecular complexity index is 1130. The molecule has 2 aromatic carbocycles. The molecule has 0 spiro atoms. The van der Waals surface area contributed by atoms with Gasteiger partial charge in [0.15, 0.2) is 11.5 Å². The number of aryl methyl sites for hydroxylation is 2. The van der Waals surface area contributed by atoms with E-state index in [2.05, 4.69) is 9.97 Å².